The van der Waals surface area contributed by atoms with Gasteiger partial charge in [-0.15, -0.1) is 5.10 Å². The molecular weight excluding hydrogens is 422 g/mol. The molecule has 4 rings (SSSR count). The van der Waals surface area contributed by atoms with E-state index in [4.69, 9.17) is 5.53 Å². The van der Waals surface area contributed by atoms with Crippen LogP contribution in [0, 0.1) is 18.6 Å². The van der Waals surface area contributed by atoms with E-state index < -0.39 is 16.5 Å². The van der Waals surface area contributed by atoms with Crippen LogP contribution in [0.3, 0.4) is 0 Å². The van der Waals surface area contributed by atoms with Crippen LogP contribution in [0.15, 0.2) is 58.7 Å². The standard InChI is InChI=1S/C20H18F2N8S/c1-13-25-19(27-26-13)30-20(10-5-11-24-29-23,14-6-3-2-4-7-14)31-18(28-30)16-12-15(21)8-9-17(16)22/h2-4,6-9,12H,5,10-11H2,1H3,(H,25,26,27). The average molecular weight is 440 g/mol. The minimum Gasteiger partial charge on any atom is -0.261 e. The van der Waals surface area contributed by atoms with Crippen LogP contribution in [0.25, 0.3) is 10.4 Å². The van der Waals surface area contributed by atoms with Gasteiger partial charge in [0.1, 0.15) is 27.4 Å². The Morgan fingerprint density at radius 2 is 2.03 bits per heavy atom. The molecule has 1 aliphatic heterocycles. The number of hydrogen-bond acceptors (Lipinski definition) is 6. The summed E-state index contributed by atoms with van der Waals surface area (Å²) in [5, 5.41) is 17.3. The van der Waals surface area contributed by atoms with Gasteiger partial charge in [-0.2, -0.15) is 10.1 Å². The van der Waals surface area contributed by atoms with Crippen molar-refractivity contribution in [3.8, 4) is 0 Å². The molecule has 1 unspecified atom stereocenters. The van der Waals surface area contributed by atoms with Crippen molar-refractivity contribution in [2.45, 2.75) is 24.6 Å². The summed E-state index contributed by atoms with van der Waals surface area (Å²) in [6.45, 7) is 2.05. The van der Waals surface area contributed by atoms with Gasteiger partial charge in [-0.3, -0.25) is 5.10 Å². The van der Waals surface area contributed by atoms with E-state index in [-0.39, 0.29) is 12.1 Å². The van der Waals surface area contributed by atoms with Crippen molar-refractivity contribution in [1.29, 1.82) is 0 Å². The van der Waals surface area contributed by atoms with Crippen molar-refractivity contribution >= 4 is 22.8 Å². The van der Waals surface area contributed by atoms with Gasteiger partial charge in [0.25, 0.3) is 5.95 Å². The van der Waals surface area contributed by atoms with Gasteiger partial charge >= 0.3 is 0 Å². The Morgan fingerprint density at radius 3 is 2.74 bits per heavy atom. The SMILES string of the molecule is Cc1nc(N2N=C(c3cc(F)ccc3F)SC2(CCCN=[N+]=[N-])c2ccccc2)n[nH]1. The maximum absolute atomic E-state index is 14.6. The number of nitrogens with one attached hydrogen (secondary N) is 1. The average Bonchev–Trinajstić information content (AvgIpc) is 3.38. The Kier molecular flexibility index (Phi) is 5.88. The zero-order chi connectivity index (χ0) is 21.8. The lowest BCUT2D eigenvalue weighted by atomic mass is 10.0. The number of hydrogen-bond donors (Lipinski definition) is 1. The van der Waals surface area contributed by atoms with E-state index in [0.29, 0.717) is 29.7 Å². The first-order valence-corrected chi connectivity index (χ1v) is 10.3. The quantitative estimate of drug-likeness (QED) is 0.234. The molecule has 2 aromatic carbocycles. The summed E-state index contributed by atoms with van der Waals surface area (Å²) in [6, 6.07) is 12.8. The van der Waals surface area contributed by atoms with Crippen molar-refractivity contribution in [2.24, 2.45) is 10.2 Å². The minimum absolute atomic E-state index is 0.0649. The fourth-order valence-corrected chi connectivity index (χ4v) is 4.83. The van der Waals surface area contributed by atoms with Crippen molar-refractivity contribution < 1.29 is 8.78 Å². The molecule has 1 aromatic heterocycles. The van der Waals surface area contributed by atoms with Crippen molar-refractivity contribution in [1.82, 2.24) is 15.2 Å². The summed E-state index contributed by atoms with van der Waals surface area (Å²) in [7, 11) is 0. The summed E-state index contributed by atoms with van der Waals surface area (Å²) in [5.74, 6) is -0.224. The number of rotatable bonds is 7. The van der Waals surface area contributed by atoms with E-state index in [0.717, 1.165) is 23.8 Å². The molecule has 3 aromatic rings. The number of hydrazone groups is 1. The second-order valence-electron chi connectivity index (χ2n) is 6.87. The number of azide groups is 1. The Balaban J connectivity index is 1.85. The molecule has 1 atom stereocenters. The third-order valence-corrected chi connectivity index (χ3v) is 6.24. The van der Waals surface area contributed by atoms with Crippen molar-refractivity contribution in [3.63, 3.8) is 0 Å². The number of aryl methyl sites for hydroxylation is 1. The van der Waals surface area contributed by atoms with Gasteiger partial charge in [0, 0.05) is 17.0 Å². The Bertz CT molecular complexity index is 1160. The van der Waals surface area contributed by atoms with E-state index in [1.165, 1.54) is 11.8 Å². The molecule has 1 N–H and O–H groups in total. The van der Waals surface area contributed by atoms with Crippen LogP contribution in [0.4, 0.5) is 14.7 Å². The molecule has 0 spiro atoms. The first kappa shape index (κ1) is 20.8. The summed E-state index contributed by atoms with van der Waals surface area (Å²) in [6.07, 6.45) is 1.04. The van der Waals surface area contributed by atoms with E-state index >= 15 is 0 Å². The molecule has 31 heavy (non-hydrogen) atoms. The molecule has 0 fully saturated rings. The van der Waals surface area contributed by atoms with Gasteiger partial charge in [-0.25, -0.2) is 13.8 Å². The second-order valence-corrected chi connectivity index (χ2v) is 8.14. The summed E-state index contributed by atoms with van der Waals surface area (Å²) in [4.78, 5) is 6.39. The summed E-state index contributed by atoms with van der Waals surface area (Å²) < 4.78 is 28.5. The predicted molar refractivity (Wildman–Crippen MR) is 115 cm³/mol. The lowest BCUT2D eigenvalue weighted by molar-refractivity contribution is 0.518. The maximum Gasteiger partial charge on any atom is 0.266 e. The molecule has 0 bridgehead atoms. The van der Waals surface area contributed by atoms with Gasteiger partial charge in [-0.05, 0) is 49.1 Å². The fourth-order valence-electron chi connectivity index (χ4n) is 3.41. The van der Waals surface area contributed by atoms with E-state index in [1.54, 1.807) is 11.9 Å². The van der Waals surface area contributed by atoms with Crippen LogP contribution in [0.1, 0.15) is 29.8 Å². The van der Waals surface area contributed by atoms with Crippen LogP contribution >= 0.6 is 11.8 Å². The number of halogens is 2. The highest BCUT2D eigenvalue weighted by atomic mass is 32.2. The van der Waals surface area contributed by atoms with Gasteiger partial charge in [-0.1, -0.05) is 47.2 Å². The first-order valence-electron chi connectivity index (χ1n) is 9.52. The Morgan fingerprint density at radius 1 is 1.23 bits per heavy atom. The minimum atomic E-state index is -0.838. The molecular formula is C20H18F2N8S. The fraction of sp³-hybridized carbons (Fsp3) is 0.250. The smallest absolute Gasteiger partial charge is 0.261 e. The molecule has 11 heteroatoms. The topological polar surface area (TPSA) is 106 Å². The van der Waals surface area contributed by atoms with Gasteiger partial charge in [0.05, 0.1) is 0 Å². The third kappa shape index (κ3) is 4.10. The van der Waals surface area contributed by atoms with Crippen LogP contribution in [-0.4, -0.2) is 26.8 Å². The number of aromatic nitrogens is 3. The highest BCUT2D eigenvalue weighted by Gasteiger charge is 2.48. The number of aromatic amines is 1. The normalized spacial score (nSPS) is 18.0. The zero-order valence-corrected chi connectivity index (χ0v) is 17.4. The number of nitrogens with zero attached hydrogens (tertiary/aromatic N) is 7. The molecule has 8 nitrogen and oxygen atoms in total. The summed E-state index contributed by atoms with van der Waals surface area (Å²) >= 11 is 1.30. The Labute approximate surface area is 181 Å². The van der Waals surface area contributed by atoms with E-state index in [1.807, 2.05) is 30.3 Å². The van der Waals surface area contributed by atoms with Crippen LogP contribution in [0.5, 0.6) is 0 Å². The number of anilines is 1. The van der Waals surface area contributed by atoms with Gasteiger partial charge in [0.15, 0.2) is 0 Å². The van der Waals surface area contributed by atoms with Crippen LogP contribution in [-0.2, 0) is 4.87 Å². The Hall–Kier alpha value is -3.43. The molecule has 1 aliphatic rings. The highest BCUT2D eigenvalue weighted by Crippen LogP contribution is 2.51. The summed E-state index contributed by atoms with van der Waals surface area (Å²) in [5.41, 5.74) is 9.59. The largest absolute Gasteiger partial charge is 0.266 e. The number of benzene rings is 2. The maximum atomic E-state index is 14.6. The molecule has 0 saturated heterocycles. The predicted octanol–water partition coefficient (Wildman–Crippen LogP) is 5.25. The third-order valence-electron chi connectivity index (χ3n) is 4.79. The van der Waals surface area contributed by atoms with Crippen LogP contribution < -0.4 is 5.01 Å². The molecule has 0 radical (unpaired) electrons. The highest BCUT2D eigenvalue weighted by molar-refractivity contribution is 8.15. The first-order chi connectivity index (χ1) is 15.0. The number of thioether (sulfide) groups is 1. The molecule has 0 amide bonds. The van der Waals surface area contributed by atoms with Gasteiger partial charge < -0.3 is 0 Å². The molecule has 0 saturated carbocycles. The zero-order valence-electron chi connectivity index (χ0n) is 16.5. The van der Waals surface area contributed by atoms with Crippen molar-refractivity contribution in [2.75, 3.05) is 11.6 Å². The lowest BCUT2D eigenvalue weighted by Crippen LogP contribution is -2.38. The van der Waals surface area contributed by atoms with Crippen molar-refractivity contribution in [3.05, 3.63) is 87.6 Å². The molecule has 0 aliphatic carbocycles. The molecule has 158 valence electrons. The van der Waals surface area contributed by atoms with E-state index in [2.05, 4.69) is 30.3 Å². The number of H-pyrrole nitrogens is 1. The van der Waals surface area contributed by atoms with Crippen LogP contribution in [0.2, 0.25) is 0 Å². The van der Waals surface area contributed by atoms with Gasteiger partial charge in [0.2, 0.25) is 0 Å². The monoisotopic (exact) mass is 440 g/mol. The molecule has 2 heterocycles. The van der Waals surface area contributed by atoms with E-state index in [9.17, 15) is 8.78 Å². The second kappa shape index (κ2) is 8.75. The lowest BCUT2D eigenvalue weighted by Gasteiger charge is -2.35.